The van der Waals surface area contributed by atoms with Gasteiger partial charge in [-0.1, -0.05) is 37.3 Å². The Morgan fingerprint density at radius 3 is 2.40 bits per heavy atom. The van der Waals surface area contributed by atoms with Crippen molar-refractivity contribution < 1.29 is 53.4 Å². The fraction of sp³-hybridized carbons (Fsp3) is 0.625. The molecule has 6 aliphatic rings. The van der Waals surface area contributed by atoms with E-state index in [1.807, 2.05) is 18.2 Å². The van der Waals surface area contributed by atoms with Gasteiger partial charge >= 0.3 is 17.9 Å². The molecule has 11 heteroatoms. The van der Waals surface area contributed by atoms with E-state index in [-0.39, 0.29) is 6.61 Å². The summed E-state index contributed by atoms with van der Waals surface area (Å²) in [7, 11) is 0. The molecule has 12 atom stereocenters. The Labute approximate surface area is 198 Å². The van der Waals surface area contributed by atoms with Gasteiger partial charge in [-0.25, -0.2) is 9.59 Å². The second-order valence-corrected chi connectivity index (χ2v) is 10.5. The molecule has 0 radical (unpaired) electrons. The fourth-order valence-electron chi connectivity index (χ4n) is 8.32. The lowest BCUT2D eigenvalue weighted by Gasteiger charge is -2.44. The van der Waals surface area contributed by atoms with Crippen molar-refractivity contribution in [3.05, 3.63) is 35.9 Å². The molecule has 6 fully saturated rings. The van der Waals surface area contributed by atoms with Crippen molar-refractivity contribution in [3.63, 3.8) is 0 Å². The third-order valence-corrected chi connectivity index (χ3v) is 9.66. The second kappa shape index (κ2) is 6.22. The standard InChI is InChI=1S/C24H24O11/c1-9-12(25)14-22-13(26)15-23(30,10(2)17(27)32-15)24(22,19(29)33-14)35-20-21(9,22)16(18(28)34-20)31-8-11-6-4-3-5-7-11/h3-7,9-10,12-16,20,25-26,30H,8H2,1-2H3/t9-,10-,12-,13+,14?,15+,16+,20?,21?,22?,23-,24+/m1/s1. The number of hydrogen-bond acceptors (Lipinski definition) is 11. The maximum absolute atomic E-state index is 13.6. The van der Waals surface area contributed by atoms with E-state index >= 15 is 0 Å². The highest BCUT2D eigenvalue weighted by Gasteiger charge is 3.04. The van der Waals surface area contributed by atoms with Crippen molar-refractivity contribution in [2.45, 2.75) is 68.5 Å². The number of aliphatic hydroxyl groups excluding tert-OH is 2. The summed E-state index contributed by atoms with van der Waals surface area (Å²) in [5.74, 6) is -4.74. The molecular weight excluding hydrogens is 464 g/mol. The molecule has 0 aromatic heterocycles. The van der Waals surface area contributed by atoms with Crippen LogP contribution in [0.25, 0.3) is 0 Å². The highest BCUT2D eigenvalue weighted by atomic mass is 16.8. The van der Waals surface area contributed by atoms with Crippen LogP contribution in [-0.4, -0.2) is 81.2 Å². The monoisotopic (exact) mass is 488 g/mol. The van der Waals surface area contributed by atoms with Gasteiger partial charge in [0.1, 0.15) is 12.2 Å². The molecule has 2 aliphatic carbocycles. The summed E-state index contributed by atoms with van der Waals surface area (Å²) < 4.78 is 28.9. The molecule has 1 aromatic carbocycles. The maximum Gasteiger partial charge on any atom is 0.343 e. The summed E-state index contributed by atoms with van der Waals surface area (Å²) in [6.45, 7) is 3.01. The molecule has 0 bridgehead atoms. The van der Waals surface area contributed by atoms with Crippen LogP contribution in [0.3, 0.4) is 0 Å². The fourth-order valence-corrected chi connectivity index (χ4v) is 8.32. The number of ether oxygens (including phenoxy) is 5. The van der Waals surface area contributed by atoms with E-state index in [4.69, 9.17) is 23.7 Å². The highest BCUT2D eigenvalue weighted by molar-refractivity contribution is 5.94. The number of carbonyl (C=O) groups is 3. The van der Waals surface area contributed by atoms with Gasteiger partial charge in [-0.05, 0) is 12.5 Å². The molecule has 0 amide bonds. The van der Waals surface area contributed by atoms with Gasteiger partial charge in [0, 0.05) is 5.92 Å². The Bertz CT molecular complexity index is 1170. The highest BCUT2D eigenvalue weighted by Crippen LogP contribution is 2.83. The Hall–Kier alpha value is -2.57. The van der Waals surface area contributed by atoms with Gasteiger partial charge in [0.15, 0.2) is 17.8 Å². The first-order valence-electron chi connectivity index (χ1n) is 11.7. The van der Waals surface area contributed by atoms with E-state index < -0.39 is 88.6 Å². The minimum Gasteiger partial charge on any atom is -0.456 e. The molecule has 1 aromatic rings. The van der Waals surface area contributed by atoms with Crippen LogP contribution in [-0.2, 0) is 44.7 Å². The van der Waals surface area contributed by atoms with Gasteiger partial charge in [-0.15, -0.1) is 0 Å². The molecule has 35 heavy (non-hydrogen) atoms. The molecule has 2 spiro atoms. The average Bonchev–Trinajstić information content (AvgIpc) is 3.53. The molecule has 4 unspecified atom stereocenters. The molecule has 11 nitrogen and oxygen atoms in total. The average molecular weight is 488 g/mol. The first-order valence-corrected chi connectivity index (χ1v) is 11.7. The van der Waals surface area contributed by atoms with Crippen molar-refractivity contribution in [2.75, 3.05) is 0 Å². The number of rotatable bonds is 3. The van der Waals surface area contributed by atoms with E-state index in [1.165, 1.54) is 6.92 Å². The number of fused-ring (bicyclic) bond motifs is 1. The Morgan fingerprint density at radius 1 is 0.971 bits per heavy atom. The van der Waals surface area contributed by atoms with Crippen LogP contribution >= 0.6 is 0 Å². The van der Waals surface area contributed by atoms with E-state index in [2.05, 4.69) is 0 Å². The summed E-state index contributed by atoms with van der Waals surface area (Å²) in [5, 5.41) is 35.1. The molecule has 4 aliphatic heterocycles. The topological polar surface area (TPSA) is 158 Å². The number of carbonyl (C=O) groups excluding carboxylic acids is 3. The number of hydrogen-bond donors (Lipinski definition) is 3. The zero-order valence-electron chi connectivity index (χ0n) is 18.8. The molecule has 7 rings (SSSR count). The van der Waals surface area contributed by atoms with Gasteiger partial charge in [-0.2, -0.15) is 0 Å². The van der Waals surface area contributed by atoms with Crippen molar-refractivity contribution in [2.24, 2.45) is 22.7 Å². The van der Waals surface area contributed by atoms with Crippen molar-refractivity contribution in [1.29, 1.82) is 0 Å². The van der Waals surface area contributed by atoms with Gasteiger partial charge < -0.3 is 39.0 Å². The van der Waals surface area contributed by atoms with Crippen molar-refractivity contribution in [1.82, 2.24) is 0 Å². The van der Waals surface area contributed by atoms with Crippen molar-refractivity contribution in [3.8, 4) is 0 Å². The third-order valence-electron chi connectivity index (χ3n) is 9.66. The van der Waals surface area contributed by atoms with Crippen LogP contribution < -0.4 is 0 Å². The SMILES string of the molecule is C[C@@H]1[C@@H](O)C2OC(=O)[C@]34OC5OC(=O)[C@H](OCc6ccccc6)C51C23[C@@H](O)[C@@H]1OC(=O)[C@@H](C)[C@@]14O. The Morgan fingerprint density at radius 2 is 1.69 bits per heavy atom. The summed E-state index contributed by atoms with van der Waals surface area (Å²) in [6.07, 6.45) is -8.78. The van der Waals surface area contributed by atoms with Gasteiger partial charge in [-0.3, -0.25) is 4.79 Å². The number of aliphatic hydroxyl groups is 3. The first kappa shape index (κ1) is 21.7. The first-order chi connectivity index (χ1) is 16.6. The molecule has 4 heterocycles. The summed E-state index contributed by atoms with van der Waals surface area (Å²) in [6, 6.07) is 9.06. The van der Waals surface area contributed by atoms with E-state index in [0.29, 0.717) is 0 Å². The number of benzene rings is 1. The predicted molar refractivity (Wildman–Crippen MR) is 109 cm³/mol. The predicted octanol–water partition coefficient (Wildman–Crippen LogP) is -1.20. The minimum absolute atomic E-state index is 0.00434. The Balaban J connectivity index is 1.45. The molecule has 2 saturated carbocycles. The molecule has 186 valence electrons. The quantitative estimate of drug-likeness (QED) is 0.347. The van der Waals surface area contributed by atoms with E-state index in [0.717, 1.165) is 5.56 Å². The Kier molecular flexibility index (Phi) is 3.85. The minimum atomic E-state index is -2.33. The molecular formula is C24H24O11. The zero-order chi connectivity index (χ0) is 24.7. The zero-order valence-corrected chi connectivity index (χ0v) is 18.8. The van der Waals surface area contributed by atoms with Crippen LogP contribution in [0.15, 0.2) is 30.3 Å². The van der Waals surface area contributed by atoms with Crippen LogP contribution in [0.1, 0.15) is 19.4 Å². The van der Waals surface area contributed by atoms with Crippen LogP contribution in [0.4, 0.5) is 0 Å². The van der Waals surface area contributed by atoms with Crippen LogP contribution in [0.2, 0.25) is 0 Å². The van der Waals surface area contributed by atoms with Crippen LogP contribution in [0, 0.1) is 22.7 Å². The van der Waals surface area contributed by atoms with Gasteiger partial charge in [0.05, 0.1) is 29.5 Å². The van der Waals surface area contributed by atoms with Crippen LogP contribution in [0.5, 0.6) is 0 Å². The summed E-state index contributed by atoms with van der Waals surface area (Å²) in [5.41, 5.74) is -7.41. The molecule has 3 N–H and O–H groups in total. The van der Waals surface area contributed by atoms with E-state index in [9.17, 15) is 29.7 Å². The van der Waals surface area contributed by atoms with Gasteiger partial charge in [0.25, 0.3) is 0 Å². The van der Waals surface area contributed by atoms with E-state index in [1.54, 1.807) is 19.1 Å². The lowest BCUT2D eigenvalue weighted by atomic mass is 9.54. The lowest BCUT2D eigenvalue weighted by Crippen LogP contribution is -2.67. The van der Waals surface area contributed by atoms with Gasteiger partial charge in [0.2, 0.25) is 11.9 Å². The lowest BCUT2D eigenvalue weighted by molar-refractivity contribution is -0.238. The summed E-state index contributed by atoms with van der Waals surface area (Å²) >= 11 is 0. The number of esters is 3. The van der Waals surface area contributed by atoms with Crippen molar-refractivity contribution >= 4 is 17.9 Å². The maximum atomic E-state index is 13.6. The smallest absolute Gasteiger partial charge is 0.343 e. The second-order valence-electron chi connectivity index (χ2n) is 10.5. The third kappa shape index (κ3) is 1.82. The largest absolute Gasteiger partial charge is 0.456 e. The normalized spacial score (nSPS) is 54.7. The molecule has 4 saturated heterocycles. The summed E-state index contributed by atoms with van der Waals surface area (Å²) in [4.78, 5) is 39.2.